The van der Waals surface area contributed by atoms with Crippen LogP contribution in [-0.4, -0.2) is 34.6 Å². The summed E-state index contributed by atoms with van der Waals surface area (Å²) >= 11 is 0. The van der Waals surface area contributed by atoms with Gasteiger partial charge in [0.25, 0.3) is 0 Å². The largest absolute Gasteiger partial charge is 0.346 e. The number of aromatic amines is 1. The van der Waals surface area contributed by atoms with E-state index in [-0.39, 0.29) is 36.3 Å². The van der Waals surface area contributed by atoms with E-state index < -0.39 is 29.5 Å². The standard InChI is InChI=1S/C16H19F2N5O2.ClH/c1-8(2)15(19)16(25)20-7-14(24)21-13-6-12(22-23-13)9-3-10(17)5-11(18)4-9;/h3-6,8,15H,7,19H2,1-2H3,(H,20,25)(H2,21,22,23,24);1H/t15-;/m0./s1. The topological polar surface area (TPSA) is 113 Å². The Bertz CT molecular complexity index is 762. The van der Waals surface area contributed by atoms with E-state index in [0.717, 1.165) is 18.2 Å². The van der Waals surface area contributed by atoms with Crippen molar-refractivity contribution in [1.29, 1.82) is 0 Å². The zero-order chi connectivity index (χ0) is 18.6. The van der Waals surface area contributed by atoms with Crippen LogP contribution in [0.1, 0.15) is 13.8 Å². The molecule has 1 atom stereocenters. The maximum Gasteiger partial charge on any atom is 0.244 e. The second kappa shape index (κ2) is 9.25. The van der Waals surface area contributed by atoms with Gasteiger partial charge in [0.1, 0.15) is 11.6 Å². The van der Waals surface area contributed by atoms with Crippen molar-refractivity contribution in [2.45, 2.75) is 19.9 Å². The Morgan fingerprint density at radius 2 is 1.81 bits per heavy atom. The van der Waals surface area contributed by atoms with Gasteiger partial charge in [0, 0.05) is 17.7 Å². The molecule has 10 heteroatoms. The molecule has 5 N–H and O–H groups in total. The molecule has 0 saturated heterocycles. The van der Waals surface area contributed by atoms with Gasteiger partial charge in [-0.25, -0.2) is 8.78 Å². The van der Waals surface area contributed by atoms with Crippen LogP contribution in [0.3, 0.4) is 0 Å². The van der Waals surface area contributed by atoms with Crippen molar-refractivity contribution in [2.24, 2.45) is 11.7 Å². The normalized spacial score (nSPS) is 11.6. The lowest BCUT2D eigenvalue weighted by molar-refractivity contribution is -0.125. The number of halogens is 3. The summed E-state index contributed by atoms with van der Waals surface area (Å²) in [6.45, 7) is 3.33. The quantitative estimate of drug-likeness (QED) is 0.605. The third-order valence-corrected chi connectivity index (χ3v) is 3.46. The highest BCUT2D eigenvalue weighted by molar-refractivity contribution is 5.95. The molecule has 1 aromatic carbocycles. The number of nitrogens with two attached hydrogens (primary N) is 1. The van der Waals surface area contributed by atoms with Crippen molar-refractivity contribution >= 4 is 30.0 Å². The van der Waals surface area contributed by atoms with Crippen molar-refractivity contribution in [3.8, 4) is 11.3 Å². The van der Waals surface area contributed by atoms with E-state index in [4.69, 9.17) is 5.73 Å². The lowest BCUT2D eigenvalue weighted by atomic mass is 10.1. The maximum absolute atomic E-state index is 13.2. The molecule has 1 aromatic heterocycles. The second-order valence-corrected chi connectivity index (χ2v) is 5.86. The molecule has 2 aromatic rings. The maximum atomic E-state index is 13.2. The number of benzene rings is 1. The molecule has 0 saturated carbocycles. The zero-order valence-electron chi connectivity index (χ0n) is 14.2. The van der Waals surface area contributed by atoms with Gasteiger partial charge < -0.3 is 16.4 Å². The summed E-state index contributed by atoms with van der Waals surface area (Å²) in [7, 11) is 0. The highest BCUT2D eigenvalue weighted by atomic mass is 35.5. The Balaban J connectivity index is 0.00000338. The number of hydrogen-bond donors (Lipinski definition) is 4. The van der Waals surface area contributed by atoms with Gasteiger partial charge in [0.2, 0.25) is 11.8 Å². The van der Waals surface area contributed by atoms with Crippen LogP contribution in [-0.2, 0) is 9.59 Å². The van der Waals surface area contributed by atoms with E-state index in [9.17, 15) is 18.4 Å². The van der Waals surface area contributed by atoms with Crippen molar-refractivity contribution in [3.05, 3.63) is 35.9 Å². The van der Waals surface area contributed by atoms with E-state index in [1.165, 1.54) is 6.07 Å². The summed E-state index contributed by atoms with van der Waals surface area (Å²) in [5.41, 5.74) is 6.25. The number of amides is 2. The number of hydrogen-bond acceptors (Lipinski definition) is 4. The Labute approximate surface area is 155 Å². The molecule has 0 bridgehead atoms. The predicted molar refractivity (Wildman–Crippen MR) is 95.6 cm³/mol. The summed E-state index contributed by atoms with van der Waals surface area (Å²) in [6, 6.07) is 3.75. The van der Waals surface area contributed by atoms with E-state index in [1.54, 1.807) is 13.8 Å². The van der Waals surface area contributed by atoms with Gasteiger partial charge in [-0.05, 0) is 18.1 Å². The van der Waals surface area contributed by atoms with Crippen LogP contribution >= 0.6 is 12.4 Å². The number of H-pyrrole nitrogens is 1. The number of anilines is 1. The number of aromatic nitrogens is 2. The van der Waals surface area contributed by atoms with Crippen LogP contribution in [0.5, 0.6) is 0 Å². The number of carbonyl (C=O) groups is 2. The molecule has 0 radical (unpaired) electrons. The summed E-state index contributed by atoms with van der Waals surface area (Å²) in [5, 5.41) is 11.3. The molecule has 2 rings (SSSR count). The average molecular weight is 388 g/mol. The molecule has 26 heavy (non-hydrogen) atoms. The fourth-order valence-electron chi connectivity index (χ4n) is 2.02. The molecule has 0 fully saturated rings. The highest BCUT2D eigenvalue weighted by Gasteiger charge is 2.18. The second-order valence-electron chi connectivity index (χ2n) is 5.86. The van der Waals surface area contributed by atoms with Crippen LogP contribution < -0.4 is 16.4 Å². The molecule has 0 unspecified atom stereocenters. The molecule has 0 spiro atoms. The molecule has 0 aliphatic heterocycles. The van der Waals surface area contributed by atoms with Gasteiger partial charge in [-0.15, -0.1) is 12.4 Å². The Hall–Kier alpha value is -2.52. The summed E-state index contributed by atoms with van der Waals surface area (Å²) in [6.07, 6.45) is 0. The third-order valence-electron chi connectivity index (χ3n) is 3.46. The average Bonchev–Trinajstić information content (AvgIpc) is 2.99. The molecular weight excluding hydrogens is 368 g/mol. The van der Waals surface area contributed by atoms with E-state index in [2.05, 4.69) is 20.8 Å². The van der Waals surface area contributed by atoms with Gasteiger partial charge in [0.05, 0.1) is 18.3 Å². The Morgan fingerprint density at radius 3 is 2.38 bits per heavy atom. The van der Waals surface area contributed by atoms with Crippen LogP contribution in [0.2, 0.25) is 0 Å². The fraction of sp³-hybridized carbons (Fsp3) is 0.312. The molecule has 1 heterocycles. The smallest absolute Gasteiger partial charge is 0.244 e. The number of carbonyl (C=O) groups excluding carboxylic acids is 2. The molecule has 0 aliphatic rings. The predicted octanol–water partition coefficient (Wildman–Crippen LogP) is 1.81. The summed E-state index contributed by atoms with van der Waals surface area (Å²) < 4.78 is 26.5. The number of rotatable bonds is 6. The lowest BCUT2D eigenvalue weighted by Crippen LogP contribution is -2.46. The molecule has 0 aliphatic carbocycles. The SMILES string of the molecule is CC(C)[C@H](N)C(=O)NCC(=O)Nc1cc(-c2cc(F)cc(F)c2)[nH]n1.Cl. The lowest BCUT2D eigenvalue weighted by Gasteiger charge is -2.14. The van der Waals surface area contributed by atoms with Gasteiger partial charge in [-0.2, -0.15) is 5.10 Å². The molecular formula is C16H20ClF2N5O2. The molecule has 7 nitrogen and oxygen atoms in total. The summed E-state index contributed by atoms with van der Waals surface area (Å²) in [4.78, 5) is 23.5. The van der Waals surface area contributed by atoms with Crippen LogP contribution in [0.25, 0.3) is 11.3 Å². The zero-order valence-corrected chi connectivity index (χ0v) is 15.0. The Morgan fingerprint density at radius 1 is 1.19 bits per heavy atom. The monoisotopic (exact) mass is 387 g/mol. The minimum Gasteiger partial charge on any atom is -0.346 e. The molecule has 142 valence electrons. The minimum atomic E-state index is -0.723. The first-order valence-corrected chi connectivity index (χ1v) is 7.61. The van der Waals surface area contributed by atoms with Gasteiger partial charge in [0.15, 0.2) is 5.82 Å². The van der Waals surface area contributed by atoms with E-state index in [1.807, 2.05) is 0 Å². The highest BCUT2D eigenvalue weighted by Crippen LogP contribution is 2.21. The third kappa shape index (κ3) is 5.78. The van der Waals surface area contributed by atoms with Crippen molar-refractivity contribution in [3.63, 3.8) is 0 Å². The summed E-state index contributed by atoms with van der Waals surface area (Å²) in [5.74, 6) is -2.27. The Kier molecular flexibility index (Phi) is 7.66. The minimum absolute atomic E-state index is 0. The first-order valence-electron chi connectivity index (χ1n) is 7.61. The van der Waals surface area contributed by atoms with Crippen molar-refractivity contribution in [2.75, 3.05) is 11.9 Å². The number of nitrogens with zero attached hydrogens (tertiary/aromatic N) is 1. The van der Waals surface area contributed by atoms with Gasteiger partial charge >= 0.3 is 0 Å². The molecule has 2 amide bonds. The van der Waals surface area contributed by atoms with Crippen LogP contribution in [0.15, 0.2) is 24.3 Å². The first-order chi connectivity index (χ1) is 11.8. The first kappa shape index (κ1) is 21.5. The fourth-order valence-corrected chi connectivity index (χ4v) is 2.02. The van der Waals surface area contributed by atoms with Crippen molar-refractivity contribution in [1.82, 2.24) is 15.5 Å². The van der Waals surface area contributed by atoms with Gasteiger partial charge in [-0.3, -0.25) is 14.7 Å². The van der Waals surface area contributed by atoms with E-state index in [0.29, 0.717) is 5.69 Å². The van der Waals surface area contributed by atoms with Crippen molar-refractivity contribution < 1.29 is 18.4 Å². The van der Waals surface area contributed by atoms with E-state index >= 15 is 0 Å². The number of nitrogens with one attached hydrogen (secondary N) is 3. The van der Waals surface area contributed by atoms with Crippen LogP contribution in [0.4, 0.5) is 14.6 Å². The van der Waals surface area contributed by atoms with Crippen LogP contribution in [0, 0.1) is 17.6 Å². The van der Waals surface area contributed by atoms with Gasteiger partial charge in [-0.1, -0.05) is 13.8 Å².